The van der Waals surface area contributed by atoms with E-state index in [-0.39, 0.29) is 0 Å². The zero-order valence-corrected chi connectivity index (χ0v) is 11.3. The summed E-state index contributed by atoms with van der Waals surface area (Å²) in [6, 6.07) is 4.25. The van der Waals surface area contributed by atoms with Crippen LogP contribution in [-0.4, -0.2) is 29.0 Å². The Kier molecular flexibility index (Phi) is 2.89. The summed E-state index contributed by atoms with van der Waals surface area (Å²) in [6.45, 7) is 0.919. The largest absolute Gasteiger partial charge is 0.346 e. The van der Waals surface area contributed by atoms with Gasteiger partial charge in [0.25, 0.3) is 0 Å². The van der Waals surface area contributed by atoms with Crippen molar-refractivity contribution in [3.8, 4) is 11.1 Å². The molecular weight excluding hydrogens is 242 g/mol. The first kappa shape index (κ1) is 11.4. The van der Waals surface area contributed by atoms with E-state index in [9.17, 15) is 0 Å². The first-order chi connectivity index (χ1) is 8.75. The Morgan fingerprint density at radius 3 is 2.94 bits per heavy atom. The molecule has 0 saturated carbocycles. The number of aromatic nitrogens is 2. The number of pyridine rings is 1. The summed E-state index contributed by atoms with van der Waals surface area (Å²) in [5, 5.41) is 5.53. The van der Waals surface area contributed by atoms with Crippen LogP contribution in [0.15, 0.2) is 35.3 Å². The first-order valence-corrected chi connectivity index (χ1v) is 6.82. The van der Waals surface area contributed by atoms with Crippen molar-refractivity contribution in [2.45, 2.75) is 6.54 Å². The van der Waals surface area contributed by atoms with E-state index in [0.717, 1.165) is 12.2 Å². The fourth-order valence-electron chi connectivity index (χ4n) is 2.25. The van der Waals surface area contributed by atoms with E-state index in [4.69, 9.17) is 0 Å². The highest BCUT2D eigenvalue weighted by molar-refractivity contribution is 7.08. The number of thiophene rings is 1. The lowest BCUT2D eigenvalue weighted by Gasteiger charge is -2.09. The van der Waals surface area contributed by atoms with Gasteiger partial charge in [-0.1, -0.05) is 0 Å². The predicted molar refractivity (Wildman–Crippen MR) is 76.8 cm³/mol. The van der Waals surface area contributed by atoms with Gasteiger partial charge in [-0.2, -0.15) is 11.3 Å². The van der Waals surface area contributed by atoms with Gasteiger partial charge in [0.2, 0.25) is 0 Å². The first-order valence-electron chi connectivity index (χ1n) is 5.88. The molecule has 0 atom stereocenters. The highest BCUT2D eigenvalue weighted by Crippen LogP contribution is 2.31. The lowest BCUT2D eigenvalue weighted by molar-refractivity contribution is 0.404. The Morgan fingerprint density at radius 1 is 1.33 bits per heavy atom. The molecular formula is C14H15N3S. The molecule has 0 bridgehead atoms. The van der Waals surface area contributed by atoms with E-state index in [0.29, 0.717) is 0 Å². The normalized spacial score (nSPS) is 11.5. The second-order valence-corrected chi connectivity index (χ2v) is 5.43. The number of H-pyrrole nitrogens is 1. The van der Waals surface area contributed by atoms with Crippen molar-refractivity contribution in [1.82, 2.24) is 14.9 Å². The monoisotopic (exact) mass is 257 g/mol. The van der Waals surface area contributed by atoms with E-state index in [2.05, 4.69) is 58.1 Å². The summed E-state index contributed by atoms with van der Waals surface area (Å²) in [5.74, 6) is 0. The highest BCUT2D eigenvalue weighted by Gasteiger charge is 2.11. The number of hydrogen-bond donors (Lipinski definition) is 1. The van der Waals surface area contributed by atoms with Crippen LogP contribution in [-0.2, 0) is 6.54 Å². The van der Waals surface area contributed by atoms with Gasteiger partial charge in [-0.15, -0.1) is 0 Å². The van der Waals surface area contributed by atoms with Gasteiger partial charge in [-0.05, 0) is 53.7 Å². The van der Waals surface area contributed by atoms with Crippen LogP contribution in [0.1, 0.15) is 5.56 Å². The number of hydrogen-bond acceptors (Lipinski definition) is 3. The zero-order chi connectivity index (χ0) is 12.5. The van der Waals surface area contributed by atoms with Crippen LogP contribution < -0.4 is 0 Å². The van der Waals surface area contributed by atoms with E-state index >= 15 is 0 Å². The molecule has 3 nitrogen and oxygen atoms in total. The van der Waals surface area contributed by atoms with Crippen molar-refractivity contribution in [3.63, 3.8) is 0 Å². The maximum Gasteiger partial charge on any atom is 0.138 e. The lowest BCUT2D eigenvalue weighted by Crippen LogP contribution is -2.10. The van der Waals surface area contributed by atoms with Crippen molar-refractivity contribution < 1.29 is 0 Å². The molecule has 1 N–H and O–H groups in total. The fraction of sp³-hybridized carbons (Fsp3) is 0.214. The molecule has 18 heavy (non-hydrogen) atoms. The third-order valence-electron chi connectivity index (χ3n) is 2.97. The number of rotatable bonds is 3. The van der Waals surface area contributed by atoms with Crippen LogP contribution in [0.3, 0.4) is 0 Å². The molecule has 0 aliphatic carbocycles. The van der Waals surface area contributed by atoms with Crippen molar-refractivity contribution in [1.29, 1.82) is 0 Å². The molecule has 3 aromatic heterocycles. The van der Waals surface area contributed by atoms with Crippen LogP contribution in [0, 0.1) is 0 Å². The van der Waals surface area contributed by atoms with E-state index in [1.807, 2.05) is 6.20 Å². The van der Waals surface area contributed by atoms with Gasteiger partial charge in [-0.3, -0.25) is 0 Å². The minimum atomic E-state index is 0.919. The summed E-state index contributed by atoms with van der Waals surface area (Å²) in [6.07, 6.45) is 3.93. The van der Waals surface area contributed by atoms with Crippen LogP contribution >= 0.6 is 11.3 Å². The zero-order valence-electron chi connectivity index (χ0n) is 10.5. The minimum absolute atomic E-state index is 0.919. The smallest absolute Gasteiger partial charge is 0.138 e. The Morgan fingerprint density at radius 2 is 2.22 bits per heavy atom. The number of nitrogens with zero attached hydrogens (tertiary/aromatic N) is 2. The highest BCUT2D eigenvalue weighted by atomic mass is 32.1. The summed E-state index contributed by atoms with van der Waals surface area (Å²) in [7, 11) is 4.17. The summed E-state index contributed by atoms with van der Waals surface area (Å²) in [4.78, 5) is 9.84. The van der Waals surface area contributed by atoms with Gasteiger partial charge >= 0.3 is 0 Å². The molecule has 3 rings (SSSR count). The Bertz CT molecular complexity index is 653. The van der Waals surface area contributed by atoms with Gasteiger partial charge in [0.05, 0.1) is 0 Å². The van der Waals surface area contributed by atoms with Crippen LogP contribution in [0.5, 0.6) is 0 Å². The lowest BCUT2D eigenvalue weighted by atomic mass is 10.0. The average Bonchev–Trinajstić information content (AvgIpc) is 2.98. The Balaban J connectivity index is 2.22. The average molecular weight is 257 g/mol. The van der Waals surface area contributed by atoms with Crippen molar-refractivity contribution in [3.05, 3.63) is 40.8 Å². The van der Waals surface area contributed by atoms with Crippen molar-refractivity contribution in [2.75, 3.05) is 14.1 Å². The maximum atomic E-state index is 4.41. The molecule has 3 aromatic rings. The maximum absolute atomic E-state index is 4.41. The quantitative estimate of drug-likeness (QED) is 0.780. The van der Waals surface area contributed by atoms with Crippen LogP contribution in [0.2, 0.25) is 0 Å². The van der Waals surface area contributed by atoms with Crippen molar-refractivity contribution >= 4 is 22.4 Å². The number of aromatic amines is 1. The van der Waals surface area contributed by atoms with Crippen LogP contribution in [0.4, 0.5) is 0 Å². The van der Waals surface area contributed by atoms with E-state index < -0.39 is 0 Å². The molecule has 0 radical (unpaired) electrons. The molecule has 4 heteroatoms. The molecule has 0 spiro atoms. The van der Waals surface area contributed by atoms with Gasteiger partial charge in [0.15, 0.2) is 0 Å². The Hall–Kier alpha value is -1.65. The van der Waals surface area contributed by atoms with Gasteiger partial charge < -0.3 is 9.88 Å². The standard InChI is InChI=1S/C14H15N3S/c1-17(2)8-11-7-16-14-13(11)12(3-5-15-14)10-4-6-18-9-10/h3-7,9H,8H2,1-2H3,(H,15,16). The molecule has 0 aromatic carbocycles. The molecule has 3 heterocycles. The molecule has 0 fully saturated rings. The van der Waals surface area contributed by atoms with Gasteiger partial charge in [-0.25, -0.2) is 4.98 Å². The number of fused-ring (bicyclic) bond motifs is 1. The SMILES string of the molecule is CN(C)Cc1c[nH]c2nccc(-c3ccsc3)c12. The van der Waals surface area contributed by atoms with Crippen LogP contribution in [0.25, 0.3) is 22.2 Å². The van der Waals surface area contributed by atoms with Gasteiger partial charge in [0, 0.05) is 24.3 Å². The second kappa shape index (κ2) is 4.55. The summed E-state index contributed by atoms with van der Waals surface area (Å²) in [5.41, 5.74) is 4.80. The molecule has 0 aliphatic rings. The predicted octanol–water partition coefficient (Wildman–Crippen LogP) is 3.35. The fourth-order valence-corrected chi connectivity index (χ4v) is 2.90. The topological polar surface area (TPSA) is 31.9 Å². The van der Waals surface area contributed by atoms with E-state index in [1.165, 1.54) is 22.1 Å². The third kappa shape index (κ3) is 1.94. The summed E-state index contributed by atoms with van der Waals surface area (Å²) >= 11 is 1.72. The second-order valence-electron chi connectivity index (χ2n) is 4.65. The molecule has 0 aliphatic heterocycles. The van der Waals surface area contributed by atoms with Gasteiger partial charge in [0.1, 0.15) is 5.65 Å². The Labute approximate surface area is 110 Å². The molecule has 0 saturated heterocycles. The summed E-state index contributed by atoms with van der Waals surface area (Å²) < 4.78 is 0. The molecule has 0 amide bonds. The molecule has 92 valence electrons. The van der Waals surface area contributed by atoms with Crippen molar-refractivity contribution in [2.24, 2.45) is 0 Å². The van der Waals surface area contributed by atoms with E-state index in [1.54, 1.807) is 11.3 Å². The third-order valence-corrected chi connectivity index (χ3v) is 3.66. The molecule has 0 unspecified atom stereocenters. The number of nitrogens with one attached hydrogen (secondary N) is 1. The minimum Gasteiger partial charge on any atom is -0.346 e.